The number of alkyl halides is 1. The Morgan fingerprint density at radius 2 is 2.14 bits per heavy atom. The molecule has 158 valence electrons. The summed E-state index contributed by atoms with van der Waals surface area (Å²) in [6.45, 7) is 6.98. The van der Waals surface area contributed by atoms with Gasteiger partial charge in [-0.15, -0.1) is 10.2 Å². The smallest absolute Gasteiger partial charge is 0.162 e. The number of nitrogens with zero attached hydrogens (tertiary/aromatic N) is 4. The topological polar surface area (TPSA) is 63.8 Å². The summed E-state index contributed by atoms with van der Waals surface area (Å²) in [4.78, 5) is 1.65. The highest BCUT2D eigenvalue weighted by molar-refractivity contribution is 5.23. The summed E-state index contributed by atoms with van der Waals surface area (Å²) in [5.41, 5.74) is 1.78. The van der Waals surface area contributed by atoms with Gasteiger partial charge in [-0.05, 0) is 91.6 Å². The predicted molar refractivity (Wildman–Crippen MR) is 108 cm³/mol. The molecule has 5 nitrogen and oxygen atoms in total. The first kappa shape index (κ1) is 19.4. The summed E-state index contributed by atoms with van der Waals surface area (Å²) in [6.07, 6.45) is 12.0. The number of fused-ring (bicyclic) bond motifs is 5. The van der Waals surface area contributed by atoms with Crippen LogP contribution in [-0.2, 0) is 6.54 Å². The molecule has 0 spiro atoms. The molecule has 1 aromatic rings. The Bertz CT molecular complexity index is 808. The summed E-state index contributed by atoms with van der Waals surface area (Å²) in [5, 5.41) is 22.5. The molecule has 1 aromatic heterocycles. The van der Waals surface area contributed by atoms with Crippen LogP contribution in [0.25, 0.3) is 0 Å². The maximum Gasteiger partial charge on any atom is 0.162 e. The number of halogens is 1. The molecule has 29 heavy (non-hydrogen) atoms. The number of tetrazole rings is 1. The van der Waals surface area contributed by atoms with E-state index >= 15 is 0 Å². The van der Waals surface area contributed by atoms with E-state index in [1.807, 2.05) is 0 Å². The van der Waals surface area contributed by atoms with Crippen molar-refractivity contribution < 1.29 is 9.50 Å². The highest BCUT2D eigenvalue weighted by atomic mass is 19.1. The fourth-order valence-corrected chi connectivity index (χ4v) is 7.70. The van der Waals surface area contributed by atoms with Crippen LogP contribution in [0.15, 0.2) is 30.1 Å². The summed E-state index contributed by atoms with van der Waals surface area (Å²) in [7, 11) is 0. The Morgan fingerprint density at radius 3 is 2.90 bits per heavy atom. The van der Waals surface area contributed by atoms with E-state index in [0.29, 0.717) is 42.6 Å². The van der Waals surface area contributed by atoms with E-state index in [1.54, 1.807) is 4.80 Å². The lowest BCUT2D eigenvalue weighted by molar-refractivity contribution is -0.0443. The van der Waals surface area contributed by atoms with Crippen LogP contribution >= 0.6 is 0 Å². The average Bonchev–Trinajstić information content (AvgIpc) is 3.34. The van der Waals surface area contributed by atoms with E-state index in [-0.39, 0.29) is 0 Å². The van der Waals surface area contributed by atoms with Gasteiger partial charge < -0.3 is 5.11 Å². The minimum Gasteiger partial charge on any atom is -0.387 e. The van der Waals surface area contributed by atoms with Gasteiger partial charge in [-0.25, -0.2) is 4.39 Å². The molecular formula is C23H33FN4O. The molecule has 0 aliphatic heterocycles. The molecule has 7 atom stereocenters. The predicted octanol–water partition coefficient (Wildman–Crippen LogP) is 4.12. The number of hydrogen-bond acceptors (Lipinski definition) is 4. The molecule has 0 saturated heterocycles. The number of allylic oxidation sites excluding steroid dienone is 2. The van der Waals surface area contributed by atoms with Crippen LogP contribution in [0, 0.1) is 35.0 Å². The van der Waals surface area contributed by atoms with Gasteiger partial charge in [-0.1, -0.05) is 30.7 Å². The molecule has 4 aliphatic rings. The Hall–Kier alpha value is -1.56. The Balaban J connectivity index is 1.34. The van der Waals surface area contributed by atoms with Gasteiger partial charge in [0.05, 0.1) is 12.1 Å². The number of rotatable bonds is 4. The van der Waals surface area contributed by atoms with Gasteiger partial charge in [0.2, 0.25) is 0 Å². The molecule has 0 radical (unpaired) electrons. The van der Waals surface area contributed by atoms with E-state index in [0.717, 1.165) is 24.7 Å². The average molecular weight is 401 g/mol. The zero-order chi connectivity index (χ0) is 20.2. The second-order valence-corrected chi connectivity index (χ2v) is 10.4. The van der Waals surface area contributed by atoms with Crippen molar-refractivity contribution in [3.63, 3.8) is 0 Å². The third kappa shape index (κ3) is 3.09. The lowest BCUT2D eigenvalue weighted by atomic mass is 9.51. The molecule has 3 fully saturated rings. The second-order valence-electron chi connectivity index (χ2n) is 10.4. The van der Waals surface area contributed by atoms with Crippen LogP contribution in [0.1, 0.15) is 58.3 Å². The van der Waals surface area contributed by atoms with Gasteiger partial charge in [-0.2, -0.15) is 4.80 Å². The standard InChI is InChI=1S/C23H33FN4O/c1-15(12-28-26-14-25-27-28)20-5-6-21-19-4-3-16-11-23(29,13-24)10-8-17(16)18(19)7-9-22(20,21)2/h3,14,17-21,29H,1,4-13H2,2H3/t17-,18+,19+,20+,21-,22+,23+/m0/s1. The number of aliphatic hydroxyl groups is 1. The third-order valence-corrected chi connectivity index (χ3v) is 9.07. The van der Waals surface area contributed by atoms with E-state index in [1.165, 1.54) is 43.2 Å². The largest absolute Gasteiger partial charge is 0.387 e. The first-order valence-corrected chi connectivity index (χ1v) is 11.3. The van der Waals surface area contributed by atoms with E-state index in [4.69, 9.17) is 0 Å². The normalized spacial score (nSPS) is 43.8. The molecule has 6 heteroatoms. The van der Waals surface area contributed by atoms with Crippen molar-refractivity contribution in [3.8, 4) is 0 Å². The molecule has 0 aromatic carbocycles. The number of hydrogen-bond donors (Lipinski definition) is 1. The van der Waals surface area contributed by atoms with Crippen molar-refractivity contribution in [1.29, 1.82) is 0 Å². The molecule has 5 rings (SSSR count). The zero-order valence-electron chi connectivity index (χ0n) is 17.4. The van der Waals surface area contributed by atoms with Gasteiger partial charge in [-0.3, -0.25) is 0 Å². The van der Waals surface area contributed by atoms with Crippen LogP contribution in [0.4, 0.5) is 4.39 Å². The van der Waals surface area contributed by atoms with Crippen molar-refractivity contribution in [3.05, 3.63) is 30.1 Å². The van der Waals surface area contributed by atoms with E-state index in [9.17, 15) is 9.50 Å². The fourth-order valence-electron chi connectivity index (χ4n) is 7.70. The van der Waals surface area contributed by atoms with Crippen LogP contribution in [0.3, 0.4) is 0 Å². The first-order chi connectivity index (χ1) is 13.9. The van der Waals surface area contributed by atoms with Crippen LogP contribution < -0.4 is 0 Å². The Morgan fingerprint density at radius 1 is 1.28 bits per heavy atom. The molecule has 0 amide bonds. The molecular weight excluding hydrogens is 367 g/mol. The molecule has 3 saturated carbocycles. The molecule has 1 N–H and O–H groups in total. The maximum atomic E-state index is 13.3. The highest BCUT2D eigenvalue weighted by Crippen LogP contribution is 2.64. The lowest BCUT2D eigenvalue weighted by Gasteiger charge is -2.54. The monoisotopic (exact) mass is 400 g/mol. The molecule has 0 unspecified atom stereocenters. The summed E-state index contributed by atoms with van der Waals surface area (Å²) < 4.78 is 13.3. The van der Waals surface area contributed by atoms with Gasteiger partial charge in [0.1, 0.15) is 6.67 Å². The van der Waals surface area contributed by atoms with Crippen LogP contribution in [0.5, 0.6) is 0 Å². The summed E-state index contributed by atoms with van der Waals surface area (Å²) in [5.74, 6) is 3.24. The molecule has 1 heterocycles. The van der Waals surface area contributed by atoms with Crippen LogP contribution in [0.2, 0.25) is 0 Å². The fraction of sp³-hybridized carbons (Fsp3) is 0.783. The molecule has 0 bridgehead atoms. The molecule has 4 aliphatic carbocycles. The highest BCUT2D eigenvalue weighted by Gasteiger charge is 2.56. The zero-order valence-corrected chi connectivity index (χ0v) is 17.4. The first-order valence-electron chi connectivity index (χ1n) is 11.3. The second kappa shape index (κ2) is 7.00. The Labute approximate surface area is 172 Å². The van der Waals surface area contributed by atoms with Crippen LogP contribution in [-0.4, -0.2) is 37.6 Å². The van der Waals surface area contributed by atoms with Crippen molar-refractivity contribution in [1.82, 2.24) is 20.2 Å². The van der Waals surface area contributed by atoms with Gasteiger partial charge in [0.15, 0.2) is 6.33 Å². The van der Waals surface area contributed by atoms with Crippen molar-refractivity contribution in [2.45, 2.75) is 70.4 Å². The van der Waals surface area contributed by atoms with Crippen molar-refractivity contribution in [2.24, 2.45) is 35.0 Å². The van der Waals surface area contributed by atoms with Crippen molar-refractivity contribution >= 4 is 0 Å². The van der Waals surface area contributed by atoms with Crippen molar-refractivity contribution in [2.75, 3.05) is 6.67 Å². The summed E-state index contributed by atoms with van der Waals surface area (Å²) in [6, 6.07) is 0. The maximum absolute atomic E-state index is 13.3. The van der Waals surface area contributed by atoms with Gasteiger partial charge >= 0.3 is 0 Å². The SMILES string of the molecule is C=C(Cn1ncnn1)[C@H]1CC[C@H]2[C@@H]3CC=C4C[C@@](O)(CF)CC[C@@H]4[C@H]3CC[C@]12C. The van der Waals surface area contributed by atoms with E-state index < -0.39 is 12.3 Å². The number of aromatic nitrogens is 4. The Kier molecular flexibility index (Phi) is 4.68. The van der Waals surface area contributed by atoms with Gasteiger partial charge in [0.25, 0.3) is 0 Å². The quantitative estimate of drug-likeness (QED) is 0.772. The summed E-state index contributed by atoms with van der Waals surface area (Å²) >= 11 is 0. The van der Waals surface area contributed by atoms with E-state index in [2.05, 4.69) is 35.0 Å². The minimum atomic E-state index is -1.11. The third-order valence-electron chi connectivity index (χ3n) is 9.07. The minimum absolute atomic E-state index is 0.304. The van der Waals surface area contributed by atoms with Gasteiger partial charge in [0, 0.05) is 0 Å². The lowest BCUT2D eigenvalue weighted by Crippen LogP contribution is -2.48.